The zero-order valence-electron chi connectivity index (χ0n) is 13.5. The standard InChI is InChI=1S/C19H16N2OS3/c1-2-4-14-13(3-1)20-19(25-14)17-6-5-15(23-17)16-7-8-18(24-16)21-9-11-22-12-10-21/h1-8H,9-12H2. The number of hydrogen-bond donors (Lipinski definition) is 0. The van der Waals surface area contributed by atoms with E-state index >= 15 is 0 Å². The van der Waals surface area contributed by atoms with Gasteiger partial charge in [0, 0.05) is 22.8 Å². The fourth-order valence-electron chi connectivity index (χ4n) is 2.98. The molecule has 0 saturated carbocycles. The van der Waals surface area contributed by atoms with Crippen LogP contribution in [-0.4, -0.2) is 31.3 Å². The fraction of sp³-hybridized carbons (Fsp3) is 0.211. The van der Waals surface area contributed by atoms with E-state index in [4.69, 9.17) is 9.72 Å². The van der Waals surface area contributed by atoms with Crippen molar-refractivity contribution >= 4 is 49.2 Å². The average molecular weight is 385 g/mol. The molecular formula is C19H16N2OS3. The zero-order chi connectivity index (χ0) is 16.6. The summed E-state index contributed by atoms with van der Waals surface area (Å²) in [5.41, 5.74) is 1.09. The molecule has 0 atom stereocenters. The number of ether oxygens (including phenoxy) is 1. The molecule has 0 radical (unpaired) electrons. The van der Waals surface area contributed by atoms with Crippen LogP contribution in [0.25, 0.3) is 29.9 Å². The highest BCUT2D eigenvalue weighted by molar-refractivity contribution is 7.28. The minimum absolute atomic E-state index is 0.827. The van der Waals surface area contributed by atoms with Gasteiger partial charge in [0.25, 0.3) is 0 Å². The summed E-state index contributed by atoms with van der Waals surface area (Å²) in [5, 5.41) is 2.45. The van der Waals surface area contributed by atoms with E-state index in [0.717, 1.165) is 36.8 Å². The van der Waals surface area contributed by atoms with E-state index < -0.39 is 0 Å². The number of benzene rings is 1. The Hall–Kier alpha value is -1.73. The van der Waals surface area contributed by atoms with Crippen LogP contribution in [-0.2, 0) is 4.74 Å². The lowest BCUT2D eigenvalue weighted by Gasteiger charge is -2.27. The van der Waals surface area contributed by atoms with Gasteiger partial charge >= 0.3 is 0 Å². The van der Waals surface area contributed by atoms with Crippen molar-refractivity contribution in [3.8, 4) is 19.6 Å². The molecule has 1 aliphatic rings. The van der Waals surface area contributed by atoms with E-state index in [-0.39, 0.29) is 0 Å². The number of nitrogens with zero attached hydrogens (tertiary/aromatic N) is 2. The molecule has 5 rings (SSSR count). The summed E-state index contributed by atoms with van der Waals surface area (Å²) in [5.74, 6) is 0. The first-order chi connectivity index (χ1) is 12.4. The molecule has 1 fully saturated rings. The van der Waals surface area contributed by atoms with E-state index in [1.807, 2.05) is 28.7 Å². The van der Waals surface area contributed by atoms with Crippen molar-refractivity contribution in [2.24, 2.45) is 0 Å². The monoisotopic (exact) mass is 384 g/mol. The van der Waals surface area contributed by atoms with Gasteiger partial charge in [-0.2, -0.15) is 0 Å². The van der Waals surface area contributed by atoms with Crippen molar-refractivity contribution in [3.05, 3.63) is 48.5 Å². The van der Waals surface area contributed by atoms with Gasteiger partial charge in [0.15, 0.2) is 0 Å². The Labute approximate surface area is 158 Å². The minimum Gasteiger partial charge on any atom is -0.378 e. The average Bonchev–Trinajstić information content (AvgIpc) is 3.39. The van der Waals surface area contributed by atoms with Gasteiger partial charge in [-0.15, -0.1) is 34.0 Å². The van der Waals surface area contributed by atoms with Crippen molar-refractivity contribution in [2.45, 2.75) is 0 Å². The fourth-order valence-corrected chi connectivity index (χ4v) is 6.15. The van der Waals surface area contributed by atoms with Gasteiger partial charge in [-0.25, -0.2) is 4.98 Å². The first-order valence-corrected chi connectivity index (χ1v) is 10.7. The Bertz CT molecular complexity index is 977. The molecule has 1 aliphatic heterocycles. The second-order valence-corrected chi connectivity index (χ2v) is 9.06. The van der Waals surface area contributed by atoms with Crippen molar-refractivity contribution in [2.75, 3.05) is 31.2 Å². The Balaban J connectivity index is 1.43. The molecule has 1 aromatic carbocycles. The molecule has 0 spiro atoms. The maximum atomic E-state index is 5.45. The van der Waals surface area contributed by atoms with Gasteiger partial charge in [-0.3, -0.25) is 0 Å². The van der Waals surface area contributed by atoms with Gasteiger partial charge in [-0.1, -0.05) is 12.1 Å². The first kappa shape index (κ1) is 15.5. The molecule has 4 heterocycles. The molecule has 3 nitrogen and oxygen atoms in total. The highest BCUT2D eigenvalue weighted by Gasteiger charge is 2.15. The van der Waals surface area contributed by atoms with Crippen LogP contribution >= 0.6 is 34.0 Å². The molecule has 126 valence electrons. The van der Waals surface area contributed by atoms with E-state index in [0.29, 0.717) is 0 Å². The van der Waals surface area contributed by atoms with E-state index in [1.54, 1.807) is 11.3 Å². The lowest BCUT2D eigenvalue weighted by atomic mass is 10.3. The van der Waals surface area contributed by atoms with E-state index in [9.17, 15) is 0 Å². The Morgan fingerprint density at radius 3 is 2.44 bits per heavy atom. The Morgan fingerprint density at radius 1 is 0.800 bits per heavy atom. The summed E-state index contributed by atoms with van der Waals surface area (Å²) in [6, 6.07) is 17.2. The minimum atomic E-state index is 0.827. The highest BCUT2D eigenvalue weighted by atomic mass is 32.1. The SMILES string of the molecule is c1ccc2sc(-c3ccc(-c4ccc(N5CCOCC5)s4)s3)nc2c1. The normalized spacial score (nSPS) is 15.1. The summed E-state index contributed by atoms with van der Waals surface area (Å²) >= 11 is 5.47. The van der Waals surface area contributed by atoms with Gasteiger partial charge in [-0.05, 0) is 36.4 Å². The molecule has 0 bridgehead atoms. The van der Waals surface area contributed by atoms with Crippen LogP contribution < -0.4 is 4.90 Å². The summed E-state index contributed by atoms with van der Waals surface area (Å²) in [4.78, 5) is 11.1. The lowest BCUT2D eigenvalue weighted by molar-refractivity contribution is 0.123. The molecule has 0 unspecified atom stereocenters. The number of para-hydroxylation sites is 1. The van der Waals surface area contributed by atoms with Crippen LogP contribution in [0, 0.1) is 0 Å². The van der Waals surface area contributed by atoms with Crippen LogP contribution in [0.5, 0.6) is 0 Å². The molecule has 25 heavy (non-hydrogen) atoms. The number of hydrogen-bond acceptors (Lipinski definition) is 6. The number of thiophene rings is 2. The largest absolute Gasteiger partial charge is 0.378 e. The summed E-state index contributed by atoms with van der Waals surface area (Å²) in [6.45, 7) is 3.63. The third kappa shape index (κ3) is 3.00. The van der Waals surface area contributed by atoms with Gasteiger partial charge in [0.05, 0.1) is 33.3 Å². The molecule has 1 saturated heterocycles. The van der Waals surface area contributed by atoms with Crippen LogP contribution in [0.1, 0.15) is 0 Å². The zero-order valence-corrected chi connectivity index (χ0v) is 15.9. The maximum Gasteiger partial charge on any atom is 0.134 e. The number of rotatable bonds is 3. The van der Waals surface area contributed by atoms with E-state index in [1.165, 1.54) is 24.3 Å². The topological polar surface area (TPSA) is 25.4 Å². The summed E-state index contributed by atoms with van der Waals surface area (Å²) < 4.78 is 6.70. The molecule has 3 aromatic heterocycles. The molecular weight excluding hydrogens is 368 g/mol. The number of anilines is 1. The molecule has 0 amide bonds. The molecule has 0 N–H and O–H groups in total. The second kappa shape index (κ2) is 6.53. The lowest BCUT2D eigenvalue weighted by Crippen LogP contribution is -2.35. The van der Waals surface area contributed by atoms with Crippen molar-refractivity contribution in [1.29, 1.82) is 0 Å². The maximum absolute atomic E-state index is 5.45. The van der Waals surface area contributed by atoms with Crippen molar-refractivity contribution < 1.29 is 4.74 Å². The summed E-state index contributed by atoms with van der Waals surface area (Å²) in [7, 11) is 0. The molecule has 4 aromatic rings. The van der Waals surface area contributed by atoms with Crippen molar-refractivity contribution in [1.82, 2.24) is 4.98 Å². The number of fused-ring (bicyclic) bond motifs is 1. The Kier molecular flexibility index (Phi) is 4.06. The number of aromatic nitrogens is 1. The van der Waals surface area contributed by atoms with Crippen LogP contribution in [0.2, 0.25) is 0 Å². The molecule has 0 aliphatic carbocycles. The molecule has 6 heteroatoms. The number of thiazole rings is 1. The van der Waals surface area contributed by atoms with Crippen LogP contribution in [0.15, 0.2) is 48.5 Å². The summed E-state index contributed by atoms with van der Waals surface area (Å²) in [6.07, 6.45) is 0. The third-order valence-corrected chi connectivity index (χ3v) is 7.90. The van der Waals surface area contributed by atoms with Crippen LogP contribution in [0.4, 0.5) is 5.00 Å². The van der Waals surface area contributed by atoms with Crippen LogP contribution in [0.3, 0.4) is 0 Å². The Morgan fingerprint density at radius 2 is 1.56 bits per heavy atom. The van der Waals surface area contributed by atoms with Crippen molar-refractivity contribution in [3.63, 3.8) is 0 Å². The quantitative estimate of drug-likeness (QED) is 0.460. The van der Waals surface area contributed by atoms with Gasteiger partial charge in [0.2, 0.25) is 0 Å². The van der Waals surface area contributed by atoms with Gasteiger partial charge in [0.1, 0.15) is 5.01 Å². The third-order valence-electron chi connectivity index (χ3n) is 4.27. The predicted octanol–water partition coefficient (Wildman–Crippen LogP) is 5.59. The number of morpholine rings is 1. The second-order valence-electron chi connectivity index (χ2n) is 5.89. The predicted molar refractivity (Wildman–Crippen MR) is 109 cm³/mol. The highest BCUT2D eigenvalue weighted by Crippen LogP contribution is 2.41. The van der Waals surface area contributed by atoms with E-state index in [2.05, 4.69) is 47.4 Å². The van der Waals surface area contributed by atoms with Gasteiger partial charge < -0.3 is 9.64 Å². The first-order valence-electron chi connectivity index (χ1n) is 8.25. The smallest absolute Gasteiger partial charge is 0.134 e.